The van der Waals surface area contributed by atoms with E-state index in [1.54, 1.807) is 6.92 Å². The van der Waals surface area contributed by atoms with Crippen LogP contribution in [0.15, 0.2) is 59.5 Å². The van der Waals surface area contributed by atoms with Crippen molar-refractivity contribution in [2.24, 2.45) is 0 Å². The second kappa shape index (κ2) is 8.90. The van der Waals surface area contributed by atoms with Crippen LogP contribution in [0.2, 0.25) is 0 Å². The molecule has 4 nitrogen and oxygen atoms in total. The third-order valence-electron chi connectivity index (χ3n) is 4.44. The van der Waals surface area contributed by atoms with E-state index in [4.69, 9.17) is 4.74 Å². The van der Waals surface area contributed by atoms with E-state index < -0.39 is 0 Å². The first-order valence-electron chi connectivity index (χ1n) is 8.89. The zero-order valence-corrected chi connectivity index (χ0v) is 15.6. The van der Waals surface area contributed by atoms with Crippen molar-refractivity contribution in [3.63, 3.8) is 0 Å². The number of carbonyl (C=O) groups is 2. The van der Waals surface area contributed by atoms with Crippen molar-refractivity contribution in [1.29, 1.82) is 0 Å². The summed E-state index contributed by atoms with van der Waals surface area (Å²) < 4.78 is 5.20. The van der Waals surface area contributed by atoms with E-state index in [0.717, 1.165) is 24.2 Å². The van der Waals surface area contributed by atoms with Crippen LogP contribution in [0, 0.1) is 0 Å². The van der Waals surface area contributed by atoms with Gasteiger partial charge in [0.15, 0.2) is 6.61 Å². The van der Waals surface area contributed by atoms with Gasteiger partial charge >= 0.3 is 5.97 Å². The minimum Gasteiger partial charge on any atom is -0.455 e. The number of fused-ring (bicyclic) bond motifs is 1. The average Bonchev–Trinajstić information content (AvgIpc) is 2.67. The summed E-state index contributed by atoms with van der Waals surface area (Å²) >= 11 is 1.42. The van der Waals surface area contributed by atoms with Crippen molar-refractivity contribution in [1.82, 2.24) is 5.32 Å². The molecule has 2 atom stereocenters. The summed E-state index contributed by atoms with van der Waals surface area (Å²) in [4.78, 5) is 25.3. The number of carbonyl (C=O) groups excluding carboxylic acids is 2. The lowest BCUT2D eigenvalue weighted by Crippen LogP contribution is -2.35. The van der Waals surface area contributed by atoms with E-state index in [-0.39, 0.29) is 29.8 Å². The lowest BCUT2D eigenvalue weighted by atomic mass is 9.88. The molecule has 2 aromatic carbocycles. The van der Waals surface area contributed by atoms with Crippen molar-refractivity contribution in [2.45, 2.75) is 42.4 Å². The van der Waals surface area contributed by atoms with Gasteiger partial charge in [-0.1, -0.05) is 42.5 Å². The van der Waals surface area contributed by atoms with Crippen molar-refractivity contribution < 1.29 is 14.3 Å². The number of hydrogen-bond donors (Lipinski definition) is 1. The monoisotopic (exact) mass is 369 g/mol. The molecule has 5 heteroatoms. The highest BCUT2D eigenvalue weighted by atomic mass is 32.2. The Morgan fingerprint density at radius 1 is 1.15 bits per heavy atom. The highest BCUT2D eigenvalue weighted by Gasteiger charge is 2.22. The van der Waals surface area contributed by atoms with Crippen LogP contribution in [0.3, 0.4) is 0 Å². The smallest absolute Gasteiger partial charge is 0.319 e. The molecule has 0 fully saturated rings. The summed E-state index contributed by atoms with van der Waals surface area (Å²) in [5, 5.41) is 2.64. The van der Waals surface area contributed by atoms with Crippen LogP contribution >= 0.6 is 11.8 Å². The lowest BCUT2D eigenvalue weighted by Gasteiger charge is -2.26. The predicted octanol–water partition coefficient (Wildman–Crippen LogP) is 3.90. The maximum absolute atomic E-state index is 12.2. The van der Waals surface area contributed by atoms with Crippen LogP contribution in [0.25, 0.3) is 0 Å². The van der Waals surface area contributed by atoms with Crippen molar-refractivity contribution in [3.05, 3.63) is 65.7 Å². The van der Waals surface area contributed by atoms with E-state index in [9.17, 15) is 9.59 Å². The Balaban J connectivity index is 1.48. The Kier molecular flexibility index (Phi) is 6.34. The maximum atomic E-state index is 12.2. The van der Waals surface area contributed by atoms with E-state index in [2.05, 4.69) is 17.4 Å². The molecule has 26 heavy (non-hydrogen) atoms. The van der Waals surface area contributed by atoms with Crippen molar-refractivity contribution >= 4 is 23.6 Å². The molecule has 0 aliphatic heterocycles. The van der Waals surface area contributed by atoms with E-state index >= 15 is 0 Å². The fraction of sp³-hybridized carbons (Fsp3) is 0.333. The molecule has 0 unspecified atom stereocenters. The third-order valence-corrected chi connectivity index (χ3v) is 5.53. The van der Waals surface area contributed by atoms with Crippen LogP contribution in [0.1, 0.15) is 36.9 Å². The zero-order valence-electron chi connectivity index (χ0n) is 14.8. The minimum absolute atomic E-state index is 0.00210. The molecule has 136 valence electrons. The Bertz CT molecular complexity index is 763. The summed E-state index contributed by atoms with van der Waals surface area (Å²) in [6.45, 7) is 1.55. The fourth-order valence-electron chi connectivity index (χ4n) is 3.15. The number of benzene rings is 2. The van der Waals surface area contributed by atoms with Gasteiger partial charge in [-0.15, -0.1) is 11.8 Å². The second-order valence-corrected chi connectivity index (χ2v) is 7.81. The van der Waals surface area contributed by atoms with Crippen LogP contribution in [-0.4, -0.2) is 23.7 Å². The lowest BCUT2D eigenvalue weighted by molar-refractivity contribution is -0.147. The SMILES string of the molecule is C[C@H](Sc1ccccc1)C(=O)OCC(=O)N[C@H]1CCCc2ccccc21. The van der Waals surface area contributed by atoms with Gasteiger partial charge < -0.3 is 10.1 Å². The quantitative estimate of drug-likeness (QED) is 0.620. The van der Waals surface area contributed by atoms with Gasteiger partial charge in [0.1, 0.15) is 5.25 Å². The van der Waals surface area contributed by atoms with E-state index in [0.29, 0.717) is 0 Å². The van der Waals surface area contributed by atoms with Crippen molar-refractivity contribution in [2.75, 3.05) is 6.61 Å². The Morgan fingerprint density at radius 3 is 2.69 bits per heavy atom. The predicted molar refractivity (Wildman–Crippen MR) is 103 cm³/mol. The number of ether oxygens (including phenoxy) is 1. The van der Waals surface area contributed by atoms with Gasteiger partial charge in [-0.05, 0) is 49.4 Å². The average molecular weight is 369 g/mol. The van der Waals surface area contributed by atoms with Crippen LogP contribution in [0.4, 0.5) is 0 Å². The molecular formula is C21H23NO3S. The summed E-state index contributed by atoms with van der Waals surface area (Å²) in [5.74, 6) is -0.630. The second-order valence-electron chi connectivity index (χ2n) is 6.39. The summed E-state index contributed by atoms with van der Waals surface area (Å²) in [6.07, 6.45) is 3.01. The number of rotatable bonds is 6. The van der Waals surface area contributed by atoms with Crippen LogP contribution in [-0.2, 0) is 20.7 Å². The number of thioether (sulfide) groups is 1. The molecule has 0 saturated carbocycles. The standard InChI is InChI=1S/C21H23NO3S/c1-15(26-17-10-3-2-4-11-17)21(24)25-14-20(23)22-19-13-7-9-16-8-5-6-12-18(16)19/h2-6,8,10-12,15,19H,7,9,13-14H2,1H3,(H,22,23)/t15-,19-/m0/s1. The van der Waals surface area contributed by atoms with Gasteiger partial charge in [0.25, 0.3) is 5.91 Å². The first-order chi connectivity index (χ1) is 12.6. The molecule has 0 saturated heterocycles. The van der Waals surface area contributed by atoms with E-state index in [1.807, 2.05) is 42.5 Å². The van der Waals surface area contributed by atoms with Gasteiger partial charge in [0, 0.05) is 4.90 Å². The summed E-state index contributed by atoms with van der Waals surface area (Å²) in [6, 6.07) is 17.9. The number of hydrogen-bond acceptors (Lipinski definition) is 4. The molecule has 0 spiro atoms. The number of aryl methyl sites for hydroxylation is 1. The molecule has 0 heterocycles. The Morgan fingerprint density at radius 2 is 1.88 bits per heavy atom. The normalized spacial score (nSPS) is 17.0. The highest BCUT2D eigenvalue weighted by Crippen LogP contribution is 2.29. The molecule has 3 rings (SSSR count). The Labute approximate surface area is 158 Å². The Hall–Kier alpha value is -2.27. The zero-order chi connectivity index (χ0) is 18.4. The summed E-state index contributed by atoms with van der Waals surface area (Å²) in [7, 11) is 0. The van der Waals surface area contributed by atoms with Gasteiger partial charge in [0.2, 0.25) is 0 Å². The van der Waals surface area contributed by atoms with Crippen LogP contribution < -0.4 is 5.32 Å². The van der Waals surface area contributed by atoms with E-state index in [1.165, 1.54) is 22.9 Å². The van der Waals surface area contributed by atoms with Crippen LogP contribution in [0.5, 0.6) is 0 Å². The number of amides is 1. The largest absolute Gasteiger partial charge is 0.455 e. The molecule has 2 aromatic rings. The highest BCUT2D eigenvalue weighted by molar-refractivity contribution is 8.00. The first kappa shape index (κ1) is 18.5. The molecule has 1 aliphatic carbocycles. The number of nitrogens with one attached hydrogen (secondary N) is 1. The molecule has 0 aromatic heterocycles. The van der Waals surface area contributed by atoms with Gasteiger partial charge in [-0.25, -0.2) is 0 Å². The minimum atomic E-state index is -0.377. The molecule has 1 amide bonds. The summed E-state index contributed by atoms with van der Waals surface area (Å²) in [5.41, 5.74) is 2.46. The third kappa shape index (κ3) is 4.88. The molecule has 1 N–H and O–H groups in total. The first-order valence-corrected chi connectivity index (χ1v) is 9.77. The topological polar surface area (TPSA) is 55.4 Å². The van der Waals surface area contributed by atoms with Gasteiger partial charge in [0.05, 0.1) is 6.04 Å². The van der Waals surface area contributed by atoms with Crippen molar-refractivity contribution in [3.8, 4) is 0 Å². The molecule has 1 aliphatic rings. The van der Waals surface area contributed by atoms with Gasteiger partial charge in [-0.2, -0.15) is 0 Å². The number of esters is 1. The fourth-order valence-corrected chi connectivity index (χ4v) is 4.03. The molecule has 0 bridgehead atoms. The maximum Gasteiger partial charge on any atom is 0.319 e. The van der Waals surface area contributed by atoms with Gasteiger partial charge in [-0.3, -0.25) is 9.59 Å². The molecule has 0 radical (unpaired) electrons. The molecular weight excluding hydrogens is 346 g/mol.